The first-order chi connectivity index (χ1) is 8.67. The summed E-state index contributed by atoms with van der Waals surface area (Å²) in [6.45, 7) is 7.33. The monoisotopic (exact) mass is 306 g/mol. The lowest BCUT2D eigenvalue weighted by molar-refractivity contribution is 0.889. The fraction of sp³-hybridized carbons (Fsp3) is 0.400. The van der Waals surface area contributed by atoms with Gasteiger partial charge in [-0.25, -0.2) is 0 Å². The average Bonchev–Trinajstić information content (AvgIpc) is 2.35. The molecule has 0 spiro atoms. The van der Waals surface area contributed by atoms with Gasteiger partial charge < -0.3 is 5.32 Å². The standard InChI is InChI=1S/C15H19BrN2/c1-4-6-11-9-13(17-5-2)12-8-7-10(3)14(16)15(12)18-11/h7-9H,4-6H2,1-3H3,(H,17,18). The summed E-state index contributed by atoms with van der Waals surface area (Å²) in [4.78, 5) is 4.78. The van der Waals surface area contributed by atoms with E-state index in [9.17, 15) is 0 Å². The van der Waals surface area contributed by atoms with Crippen molar-refractivity contribution in [3.05, 3.63) is 33.9 Å². The fourth-order valence-electron chi connectivity index (χ4n) is 2.13. The molecule has 3 heteroatoms. The lowest BCUT2D eigenvalue weighted by Gasteiger charge is -2.12. The van der Waals surface area contributed by atoms with E-state index >= 15 is 0 Å². The van der Waals surface area contributed by atoms with Crippen LogP contribution in [0.5, 0.6) is 0 Å². The molecular weight excluding hydrogens is 288 g/mol. The Morgan fingerprint density at radius 2 is 2.06 bits per heavy atom. The number of nitrogens with zero attached hydrogens (tertiary/aromatic N) is 1. The van der Waals surface area contributed by atoms with Gasteiger partial charge in [0.15, 0.2) is 0 Å². The minimum atomic E-state index is 0.927. The van der Waals surface area contributed by atoms with Crippen molar-refractivity contribution in [2.75, 3.05) is 11.9 Å². The maximum absolute atomic E-state index is 4.78. The first-order valence-electron chi connectivity index (χ1n) is 6.50. The van der Waals surface area contributed by atoms with Crippen LogP contribution in [0.2, 0.25) is 0 Å². The van der Waals surface area contributed by atoms with E-state index < -0.39 is 0 Å². The third-order valence-electron chi connectivity index (χ3n) is 3.04. The second-order valence-electron chi connectivity index (χ2n) is 4.53. The van der Waals surface area contributed by atoms with Gasteiger partial charge in [-0.1, -0.05) is 25.5 Å². The van der Waals surface area contributed by atoms with Gasteiger partial charge in [0.1, 0.15) is 0 Å². The van der Waals surface area contributed by atoms with Crippen molar-refractivity contribution in [2.24, 2.45) is 0 Å². The maximum Gasteiger partial charge on any atom is 0.0870 e. The molecule has 1 N–H and O–H groups in total. The normalized spacial score (nSPS) is 10.9. The third-order valence-corrected chi connectivity index (χ3v) is 4.04. The Bertz CT molecular complexity index is 564. The van der Waals surface area contributed by atoms with Gasteiger partial charge in [-0.3, -0.25) is 4.98 Å². The molecule has 0 unspecified atom stereocenters. The van der Waals surface area contributed by atoms with E-state index in [0.29, 0.717) is 0 Å². The zero-order valence-electron chi connectivity index (χ0n) is 11.2. The summed E-state index contributed by atoms with van der Waals surface area (Å²) < 4.78 is 1.11. The molecule has 0 bridgehead atoms. The quantitative estimate of drug-likeness (QED) is 0.886. The van der Waals surface area contributed by atoms with Crippen LogP contribution in [0.25, 0.3) is 10.9 Å². The molecule has 2 aromatic rings. The Morgan fingerprint density at radius 3 is 2.72 bits per heavy atom. The Labute approximate surface area is 117 Å². The van der Waals surface area contributed by atoms with Gasteiger partial charge in [0.2, 0.25) is 0 Å². The van der Waals surface area contributed by atoms with Gasteiger partial charge in [-0.15, -0.1) is 0 Å². The molecule has 0 aliphatic carbocycles. The summed E-state index contributed by atoms with van der Waals surface area (Å²) in [6, 6.07) is 6.46. The zero-order valence-corrected chi connectivity index (χ0v) is 12.8. The highest BCUT2D eigenvalue weighted by molar-refractivity contribution is 9.10. The van der Waals surface area contributed by atoms with Crippen LogP contribution in [0.15, 0.2) is 22.7 Å². The number of halogens is 1. The summed E-state index contributed by atoms with van der Waals surface area (Å²) in [5.41, 5.74) is 4.64. The van der Waals surface area contributed by atoms with Crippen molar-refractivity contribution < 1.29 is 0 Å². The average molecular weight is 307 g/mol. The second-order valence-corrected chi connectivity index (χ2v) is 5.33. The van der Waals surface area contributed by atoms with Crippen LogP contribution in [0.1, 0.15) is 31.5 Å². The van der Waals surface area contributed by atoms with Crippen molar-refractivity contribution in [3.8, 4) is 0 Å². The molecule has 0 atom stereocenters. The molecule has 0 fully saturated rings. The molecule has 0 radical (unpaired) electrons. The van der Waals surface area contributed by atoms with Gasteiger partial charge >= 0.3 is 0 Å². The number of benzene rings is 1. The van der Waals surface area contributed by atoms with Crippen LogP contribution in [-0.2, 0) is 6.42 Å². The number of fused-ring (bicyclic) bond motifs is 1. The molecule has 0 saturated heterocycles. The van der Waals surface area contributed by atoms with E-state index in [4.69, 9.17) is 4.98 Å². The fourth-order valence-corrected chi connectivity index (χ4v) is 2.57. The maximum atomic E-state index is 4.78. The summed E-state index contributed by atoms with van der Waals surface area (Å²) in [5, 5.41) is 4.62. The van der Waals surface area contributed by atoms with E-state index in [-0.39, 0.29) is 0 Å². The number of rotatable bonds is 4. The van der Waals surface area contributed by atoms with E-state index in [1.807, 2.05) is 0 Å². The summed E-state index contributed by atoms with van der Waals surface area (Å²) >= 11 is 3.66. The van der Waals surface area contributed by atoms with Crippen LogP contribution in [0.3, 0.4) is 0 Å². The molecule has 1 aromatic carbocycles. The van der Waals surface area contributed by atoms with Crippen molar-refractivity contribution in [2.45, 2.75) is 33.6 Å². The van der Waals surface area contributed by atoms with Crippen molar-refractivity contribution >= 4 is 32.5 Å². The third kappa shape index (κ3) is 2.51. The van der Waals surface area contributed by atoms with Crippen LogP contribution < -0.4 is 5.32 Å². The Morgan fingerprint density at radius 1 is 1.28 bits per heavy atom. The predicted octanol–water partition coefficient (Wildman–Crippen LogP) is 4.69. The van der Waals surface area contributed by atoms with Gasteiger partial charge in [-0.05, 0) is 47.8 Å². The molecule has 96 valence electrons. The van der Waals surface area contributed by atoms with E-state index in [2.05, 4.69) is 60.2 Å². The topological polar surface area (TPSA) is 24.9 Å². The summed E-state index contributed by atoms with van der Waals surface area (Å²) in [6.07, 6.45) is 2.14. The number of hydrogen-bond acceptors (Lipinski definition) is 2. The molecule has 0 aliphatic heterocycles. The Balaban J connectivity index is 2.68. The highest BCUT2D eigenvalue weighted by Crippen LogP contribution is 2.31. The Kier molecular flexibility index (Phi) is 4.23. The molecule has 18 heavy (non-hydrogen) atoms. The predicted molar refractivity (Wildman–Crippen MR) is 82.3 cm³/mol. The van der Waals surface area contributed by atoms with Crippen LogP contribution in [0, 0.1) is 6.92 Å². The van der Waals surface area contributed by atoms with Gasteiger partial charge in [0, 0.05) is 27.8 Å². The lowest BCUT2D eigenvalue weighted by atomic mass is 10.1. The van der Waals surface area contributed by atoms with Crippen LogP contribution >= 0.6 is 15.9 Å². The first kappa shape index (κ1) is 13.3. The molecule has 1 aromatic heterocycles. The number of aromatic nitrogens is 1. The Hall–Kier alpha value is -1.09. The minimum Gasteiger partial charge on any atom is -0.385 e. The van der Waals surface area contributed by atoms with Crippen molar-refractivity contribution in [1.29, 1.82) is 0 Å². The van der Waals surface area contributed by atoms with Crippen LogP contribution in [0.4, 0.5) is 5.69 Å². The number of pyridine rings is 1. The molecule has 2 nitrogen and oxygen atoms in total. The zero-order chi connectivity index (χ0) is 13.1. The summed E-state index contributed by atoms with van der Waals surface area (Å²) in [7, 11) is 0. The van der Waals surface area contributed by atoms with Gasteiger partial charge in [0.05, 0.1) is 5.52 Å². The second kappa shape index (κ2) is 5.70. The van der Waals surface area contributed by atoms with Gasteiger partial charge in [-0.2, -0.15) is 0 Å². The van der Waals surface area contributed by atoms with E-state index in [1.165, 1.54) is 16.6 Å². The highest BCUT2D eigenvalue weighted by atomic mass is 79.9. The molecule has 2 rings (SSSR count). The van der Waals surface area contributed by atoms with E-state index in [1.54, 1.807) is 0 Å². The SMILES string of the molecule is CCCc1cc(NCC)c2ccc(C)c(Br)c2n1. The largest absolute Gasteiger partial charge is 0.385 e. The number of aryl methyl sites for hydroxylation is 2. The first-order valence-corrected chi connectivity index (χ1v) is 7.29. The number of hydrogen-bond donors (Lipinski definition) is 1. The smallest absolute Gasteiger partial charge is 0.0870 e. The molecular formula is C15H19BrN2. The minimum absolute atomic E-state index is 0.927. The van der Waals surface area contributed by atoms with Gasteiger partial charge in [0.25, 0.3) is 0 Å². The highest BCUT2D eigenvalue weighted by Gasteiger charge is 2.09. The number of nitrogens with one attached hydrogen (secondary N) is 1. The van der Waals surface area contributed by atoms with E-state index in [0.717, 1.165) is 35.1 Å². The molecule has 0 amide bonds. The number of anilines is 1. The summed E-state index contributed by atoms with van der Waals surface area (Å²) in [5.74, 6) is 0. The lowest BCUT2D eigenvalue weighted by Crippen LogP contribution is -2.01. The molecule has 1 heterocycles. The van der Waals surface area contributed by atoms with Crippen LogP contribution in [-0.4, -0.2) is 11.5 Å². The molecule has 0 aliphatic rings. The van der Waals surface area contributed by atoms with Crippen molar-refractivity contribution in [1.82, 2.24) is 4.98 Å². The van der Waals surface area contributed by atoms with Crippen molar-refractivity contribution in [3.63, 3.8) is 0 Å². The molecule has 0 saturated carbocycles.